The fourth-order valence-electron chi connectivity index (χ4n) is 2.61. The van der Waals surface area contributed by atoms with Crippen molar-refractivity contribution in [3.8, 4) is 0 Å². The molecule has 19 heavy (non-hydrogen) atoms. The third kappa shape index (κ3) is 2.01. The third-order valence-electron chi connectivity index (χ3n) is 3.77. The van der Waals surface area contributed by atoms with Gasteiger partial charge in [-0.1, -0.05) is 29.5 Å². The Morgan fingerprint density at radius 3 is 2.89 bits per heavy atom. The highest BCUT2D eigenvalue weighted by Crippen LogP contribution is 2.33. The van der Waals surface area contributed by atoms with Crippen molar-refractivity contribution in [1.82, 2.24) is 19.9 Å². The van der Waals surface area contributed by atoms with Gasteiger partial charge in [-0.2, -0.15) is 0 Å². The molecule has 1 aromatic heterocycles. The van der Waals surface area contributed by atoms with Gasteiger partial charge in [0.25, 0.3) is 0 Å². The van der Waals surface area contributed by atoms with Crippen LogP contribution in [0.1, 0.15) is 29.8 Å². The Morgan fingerprint density at radius 1 is 1.42 bits per heavy atom. The Morgan fingerprint density at radius 2 is 2.21 bits per heavy atom. The predicted molar refractivity (Wildman–Crippen MR) is 70.1 cm³/mol. The number of rotatable bonds is 2. The van der Waals surface area contributed by atoms with E-state index in [1.165, 1.54) is 11.1 Å². The summed E-state index contributed by atoms with van der Waals surface area (Å²) in [5.41, 5.74) is 3.33. The number of aryl methyl sites for hydroxylation is 1. The van der Waals surface area contributed by atoms with Gasteiger partial charge >= 0.3 is 0 Å². The molecule has 0 saturated carbocycles. The molecule has 0 spiro atoms. The van der Waals surface area contributed by atoms with Gasteiger partial charge in [0, 0.05) is 13.6 Å². The third-order valence-corrected chi connectivity index (χ3v) is 3.77. The SMILES string of the molecule is C[C@H]1c2ccccc2CN1C(=O)Cc1cnnn1C. The van der Waals surface area contributed by atoms with Crippen molar-refractivity contribution in [3.05, 3.63) is 47.3 Å². The summed E-state index contributed by atoms with van der Waals surface area (Å²) in [6.07, 6.45) is 1.99. The molecular weight excluding hydrogens is 240 g/mol. The van der Waals surface area contributed by atoms with Gasteiger partial charge in [0.05, 0.1) is 24.4 Å². The zero-order valence-electron chi connectivity index (χ0n) is 11.1. The van der Waals surface area contributed by atoms with Crippen LogP contribution in [0.5, 0.6) is 0 Å². The first-order chi connectivity index (χ1) is 9.16. The lowest BCUT2D eigenvalue weighted by Gasteiger charge is -2.21. The minimum absolute atomic E-state index is 0.120. The van der Waals surface area contributed by atoms with Crippen LogP contribution in [0.3, 0.4) is 0 Å². The molecule has 98 valence electrons. The van der Waals surface area contributed by atoms with Crippen LogP contribution in [0.4, 0.5) is 0 Å². The number of nitrogens with zero attached hydrogens (tertiary/aromatic N) is 4. The first kappa shape index (κ1) is 11.9. The summed E-state index contributed by atoms with van der Waals surface area (Å²) in [5, 5.41) is 7.65. The quantitative estimate of drug-likeness (QED) is 0.817. The van der Waals surface area contributed by atoms with E-state index < -0.39 is 0 Å². The van der Waals surface area contributed by atoms with E-state index in [-0.39, 0.29) is 11.9 Å². The van der Waals surface area contributed by atoms with Crippen LogP contribution in [-0.4, -0.2) is 25.8 Å². The summed E-state index contributed by atoms with van der Waals surface area (Å²) in [6, 6.07) is 8.37. The molecule has 0 N–H and O–H groups in total. The fraction of sp³-hybridized carbons (Fsp3) is 0.357. The lowest BCUT2D eigenvalue weighted by atomic mass is 10.1. The van der Waals surface area contributed by atoms with E-state index in [1.54, 1.807) is 17.9 Å². The van der Waals surface area contributed by atoms with Crippen molar-refractivity contribution in [2.75, 3.05) is 0 Å². The number of hydrogen-bond donors (Lipinski definition) is 0. The number of carbonyl (C=O) groups excluding carboxylic acids is 1. The van der Waals surface area contributed by atoms with Crippen LogP contribution in [0.2, 0.25) is 0 Å². The van der Waals surface area contributed by atoms with E-state index in [0.29, 0.717) is 13.0 Å². The number of fused-ring (bicyclic) bond motifs is 1. The minimum atomic E-state index is 0.120. The Labute approximate surface area is 111 Å². The van der Waals surface area contributed by atoms with Crippen molar-refractivity contribution in [3.63, 3.8) is 0 Å². The lowest BCUT2D eigenvalue weighted by molar-refractivity contribution is -0.132. The van der Waals surface area contributed by atoms with Crippen LogP contribution in [0.25, 0.3) is 0 Å². The lowest BCUT2D eigenvalue weighted by Crippen LogP contribution is -2.30. The van der Waals surface area contributed by atoms with Gasteiger partial charge in [-0.3, -0.25) is 9.48 Å². The zero-order chi connectivity index (χ0) is 13.4. The van der Waals surface area contributed by atoms with Crippen LogP contribution < -0.4 is 0 Å². The van der Waals surface area contributed by atoms with E-state index in [2.05, 4.69) is 29.4 Å². The largest absolute Gasteiger partial charge is 0.331 e. The Hall–Kier alpha value is -2.17. The first-order valence-corrected chi connectivity index (χ1v) is 6.37. The predicted octanol–water partition coefficient (Wildman–Crippen LogP) is 1.46. The van der Waals surface area contributed by atoms with Gasteiger partial charge in [0.15, 0.2) is 0 Å². The maximum atomic E-state index is 12.4. The molecule has 0 unspecified atom stereocenters. The Kier molecular flexibility index (Phi) is 2.81. The standard InChI is InChI=1S/C14H16N4O/c1-10-13-6-4-3-5-11(13)9-18(10)14(19)7-12-8-15-16-17(12)2/h3-6,8,10H,7,9H2,1-2H3/t10-/m0/s1. The molecule has 1 atom stereocenters. The number of aromatic nitrogens is 3. The molecule has 5 nitrogen and oxygen atoms in total. The molecular formula is C14H16N4O. The van der Waals surface area contributed by atoms with Gasteiger partial charge < -0.3 is 4.90 Å². The van der Waals surface area contributed by atoms with Gasteiger partial charge in [0.1, 0.15) is 0 Å². The van der Waals surface area contributed by atoms with Gasteiger partial charge in [-0.25, -0.2) is 0 Å². The van der Waals surface area contributed by atoms with Crippen molar-refractivity contribution >= 4 is 5.91 Å². The van der Waals surface area contributed by atoms with Crippen molar-refractivity contribution in [1.29, 1.82) is 0 Å². The molecule has 5 heteroatoms. The van der Waals surface area contributed by atoms with Crippen LogP contribution in [-0.2, 0) is 24.8 Å². The second kappa shape index (κ2) is 4.50. The van der Waals surface area contributed by atoms with E-state index in [1.807, 2.05) is 17.0 Å². The Bertz CT molecular complexity index is 619. The molecule has 0 saturated heterocycles. The molecule has 2 aromatic rings. The van der Waals surface area contributed by atoms with Crippen LogP contribution in [0, 0.1) is 0 Å². The second-order valence-corrected chi connectivity index (χ2v) is 4.92. The molecule has 1 aromatic carbocycles. The second-order valence-electron chi connectivity index (χ2n) is 4.92. The number of carbonyl (C=O) groups is 1. The molecule has 0 aliphatic carbocycles. The average molecular weight is 256 g/mol. The molecule has 0 fully saturated rings. The number of benzene rings is 1. The smallest absolute Gasteiger partial charge is 0.229 e. The molecule has 1 aliphatic rings. The molecule has 2 heterocycles. The van der Waals surface area contributed by atoms with Gasteiger partial charge in [-0.15, -0.1) is 5.10 Å². The van der Waals surface area contributed by atoms with E-state index >= 15 is 0 Å². The highest BCUT2D eigenvalue weighted by molar-refractivity contribution is 5.79. The minimum Gasteiger partial charge on any atom is -0.331 e. The summed E-state index contributed by atoms with van der Waals surface area (Å²) < 4.78 is 1.64. The molecule has 0 bridgehead atoms. The zero-order valence-corrected chi connectivity index (χ0v) is 11.1. The van der Waals surface area contributed by atoms with E-state index in [4.69, 9.17) is 0 Å². The average Bonchev–Trinajstić information content (AvgIpc) is 2.95. The Balaban J connectivity index is 1.78. The van der Waals surface area contributed by atoms with Crippen LogP contribution >= 0.6 is 0 Å². The molecule has 0 radical (unpaired) electrons. The number of hydrogen-bond acceptors (Lipinski definition) is 3. The fourth-order valence-corrected chi connectivity index (χ4v) is 2.61. The maximum absolute atomic E-state index is 12.4. The molecule has 3 rings (SSSR count). The summed E-state index contributed by atoms with van der Waals surface area (Å²) >= 11 is 0. The van der Waals surface area contributed by atoms with E-state index in [9.17, 15) is 4.79 Å². The number of amides is 1. The molecule has 1 aliphatic heterocycles. The summed E-state index contributed by atoms with van der Waals surface area (Å²) in [7, 11) is 1.80. The summed E-state index contributed by atoms with van der Waals surface area (Å²) in [6.45, 7) is 2.77. The monoisotopic (exact) mass is 256 g/mol. The topological polar surface area (TPSA) is 51.0 Å². The van der Waals surface area contributed by atoms with Crippen molar-refractivity contribution in [2.24, 2.45) is 7.05 Å². The highest BCUT2D eigenvalue weighted by atomic mass is 16.2. The normalized spacial score (nSPS) is 17.6. The highest BCUT2D eigenvalue weighted by Gasteiger charge is 2.30. The van der Waals surface area contributed by atoms with Gasteiger partial charge in [-0.05, 0) is 18.1 Å². The van der Waals surface area contributed by atoms with Crippen molar-refractivity contribution < 1.29 is 4.79 Å². The van der Waals surface area contributed by atoms with Gasteiger partial charge in [0.2, 0.25) is 5.91 Å². The summed E-state index contributed by atoms with van der Waals surface area (Å²) in [4.78, 5) is 14.3. The van der Waals surface area contributed by atoms with E-state index in [0.717, 1.165) is 5.69 Å². The van der Waals surface area contributed by atoms with Crippen molar-refractivity contribution in [2.45, 2.75) is 25.9 Å². The molecule has 1 amide bonds. The van der Waals surface area contributed by atoms with Crippen LogP contribution in [0.15, 0.2) is 30.5 Å². The summed E-state index contributed by atoms with van der Waals surface area (Å²) in [5.74, 6) is 0.120. The maximum Gasteiger partial charge on any atom is 0.229 e. The first-order valence-electron chi connectivity index (χ1n) is 6.37.